The average molecular weight is 332 g/mol. The molecule has 0 aromatic heterocycles. The van der Waals surface area contributed by atoms with Crippen molar-refractivity contribution in [1.29, 1.82) is 0 Å². The monoisotopic (exact) mass is 332 g/mol. The summed E-state index contributed by atoms with van der Waals surface area (Å²) >= 11 is 0. The number of rotatable bonds is 14. The molecule has 0 heterocycles. The first-order valence-corrected chi connectivity index (χ1v) is 7.75. The quantitative estimate of drug-likeness (QED) is 0.284. The minimum atomic E-state index is -0.972. The van der Waals surface area contributed by atoms with Crippen LogP contribution in [0.3, 0.4) is 0 Å². The van der Waals surface area contributed by atoms with E-state index in [1.165, 1.54) is 0 Å². The second-order valence-corrected chi connectivity index (χ2v) is 4.99. The molecule has 0 aromatic rings. The van der Waals surface area contributed by atoms with E-state index in [9.17, 15) is 14.4 Å². The third kappa shape index (κ3) is 11.5. The average Bonchev–Trinajstić information content (AvgIpc) is 2.46. The van der Waals surface area contributed by atoms with E-state index in [-0.39, 0.29) is 25.5 Å². The maximum atomic E-state index is 12.0. The normalized spacial score (nSPS) is 10.7. The summed E-state index contributed by atoms with van der Waals surface area (Å²) < 4.78 is 0. The lowest BCUT2D eigenvalue weighted by Gasteiger charge is -2.25. The first-order valence-electron chi connectivity index (χ1n) is 7.75. The fraction of sp³-hybridized carbons (Fsp3) is 0.786. The van der Waals surface area contributed by atoms with Gasteiger partial charge in [-0.1, -0.05) is 0 Å². The van der Waals surface area contributed by atoms with Gasteiger partial charge in [0.25, 0.3) is 0 Å². The van der Waals surface area contributed by atoms with Gasteiger partial charge in [0.15, 0.2) is 0 Å². The number of hydrogen-bond acceptors (Lipinski definition) is 6. The minimum Gasteiger partial charge on any atom is -0.480 e. The van der Waals surface area contributed by atoms with Crippen molar-refractivity contribution >= 4 is 17.8 Å². The lowest BCUT2D eigenvalue weighted by atomic mass is 10.3. The predicted molar refractivity (Wildman–Crippen MR) is 85.4 cm³/mol. The summed E-state index contributed by atoms with van der Waals surface area (Å²) in [5, 5.41) is 23.2. The minimum absolute atomic E-state index is 0.0763. The van der Waals surface area contributed by atoms with Gasteiger partial charge in [-0.2, -0.15) is 0 Å². The van der Waals surface area contributed by atoms with Crippen LogP contribution in [0.15, 0.2) is 0 Å². The third-order valence-electron chi connectivity index (χ3n) is 3.19. The first-order chi connectivity index (χ1) is 10.9. The number of likely N-dealkylation sites (N-methyl/N-ethyl adjacent to an activating group) is 1. The summed E-state index contributed by atoms with van der Waals surface area (Å²) in [6, 6.07) is 0. The topological polar surface area (TPSA) is 122 Å². The molecule has 0 saturated carbocycles. The van der Waals surface area contributed by atoms with Crippen molar-refractivity contribution in [2.24, 2.45) is 0 Å². The lowest BCUT2D eigenvalue weighted by Crippen LogP contribution is -2.44. The zero-order valence-electron chi connectivity index (χ0n) is 13.9. The molecule has 0 rings (SSSR count). The number of nitrogens with one attached hydrogen (secondary N) is 2. The Bertz CT molecular complexity index is 374. The Morgan fingerprint density at radius 3 is 2.00 bits per heavy atom. The number of aliphatic carboxylic acids is 2. The fourth-order valence-corrected chi connectivity index (χ4v) is 2.01. The molecule has 4 N–H and O–H groups in total. The van der Waals surface area contributed by atoms with E-state index in [0.717, 1.165) is 0 Å². The van der Waals surface area contributed by atoms with Gasteiger partial charge in [-0.05, 0) is 13.8 Å². The van der Waals surface area contributed by atoms with Gasteiger partial charge < -0.3 is 25.7 Å². The maximum absolute atomic E-state index is 12.0. The molecule has 0 unspecified atom stereocenters. The van der Waals surface area contributed by atoms with Crippen LogP contribution in [0.25, 0.3) is 0 Å². The molecule has 134 valence electrons. The number of carbonyl (C=O) groups is 3. The number of carbonyl (C=O) groups excluding carboxylic acids is 1. The second kappa shape index (κ2) is 12.8. The number of nitrogens with zero attached hydrogens (tertiary/aromatic N) is 2. The maximum Gasteiger partial charge on any atom is 0.317 e. The molecule has 0 saturated heterocycles. The van der Waals surface area contributed by atoms with Crippen molar-refractivity contribution in [3.8, 4) is 0 Å². The highest BCUT2D eigenvalue weighted by atomic mass is 16.4. The highest BCUT2D eigenvalue weighted by Gasteiger charge is 2.16. The molecule has 0 aliphatic carbocycles. The Morgan fingerprint density at radius 1 is 0.870 bits per heavy atom. The molecule has 0 atom stereocenters. The van der Waals surface area contributed by atoms with Crippen LogP contribution in [-0.4, -0.2) is 96.8 Å². The van der Waals surface area contributed by atoms with Crippen molar-refractivity contribution in [2.75, 3.05) is 58.9 Å². The van der Waals surface area contributed by atoms with E-state index in [2.05, 4.69) is 10.6 Å². The largest absolute Gasteiger partial charge is 0.480 e. The van der Waals surface area contributed by atoms with Gasteiger partial charge in [-0.3, -0.25) is 19.3 Å². The molecule has 9 nitrogen and oxygen atoms in total. The summed E-state index contributed by atoms with van der Waals surface area (Å²) in [6.07, 6.45) is 0. The molecule has 0 fully saturated rings. The zero-order chi connectivity index (χ0) is 17.7. The third-order valence-corrected chi connectivity index (χ3v) is 3.19. The Hall–Kier alpha value is -1.71. The Morgan fingerprint density at radius 2 is 1.48 bits per heavy atom. The highest BCUT2D eigenvalue weighted by Crippen LogP contribution is 1.94. The molecular weight excluding hydrogens is 304 g/mol. The van der Waals surface area contributed by atoms with Crippen LogP contribution in [0.4, 0.5) is 0 Å². The van der Waals surface area contributed by atoms with Gasteiger partial charge in [0, 0.05) is 39.3 Å². The van der Waals surface area contributed by atoms with E-state index in [1.54, 1.807) is 9.80 Å². The predicted octanol–water partition coefficient (Wildman–Crippen LogP) is -1.49. The second-order valence-electron chi connectivity index (χ2n) is 4.99. The fourth-order valence-electron chi connectivity index (χ4n) is 2.01. The molecule has 1 amide bonds. The Labute approximate surface area is 136 Å². The van der Waals surface area contributed by atoms with E-state index >= 15 is 0 Å². The standard InChI is InChI=1S/C14H28N4O5/c1-3-18(4-2)12(19)10-17(11-14(22)23)8-7-15-5-6-16-9-13(20)21/h15-16H,3-11H2,1-2H3,(H,20,21)(H,22,23). The van der Waals surface area contributed by atoms with Crippen molar-refractivity contribution < 1.29 is 24.6 Å². The van der Waals surface area contributed by atoms with Gasteiger partial charge in [-0.25, -0.2) is 0 Å². The van der Waals surface area contributed by atoms with Gasteiger partial charge >= 0.3 is 11.9 Å². The smallest absolute Gasteiger partial charge is 0.317 e. The van der Waals surface area contributed by atoms with Crippen LogP contribution in [0.2, 0.25) is 0 Å². The van der Waals surface area contributed by atoms with E-state index in [4.69, 9.17) is 10.2 Å². The van der Waals surface area contributed by atoms with Gasteiger partial charge in [0.2, 0.25) is 5.91 Å². The van der Waals surface area contributed by atoms with Crippen LogP contribution >= 0.6 is 0 Å². The molecular formula is C14H28N4O5. The van der Waals surface area contributed by atoms with Crippen LogP contribution in [0.1, 0.15) is 13.8 Å². The van der Waals surface area contributed by atoms with E-state index in [1.807, 2.05) is 13.8 Å². The number of carboxylic acid groups (broad SMARTS) is 2. The van der Waals surface area contributed by atoms with Crippen molar-refractivity contribution in [3.05, 3.63) is 0 Å². The Balaban J connectivity index is 4.08. The van der Waals surface area contributed by atoms with E-state index in [0.29, 0.717) is 39.3 Å². The first kappa shape index (κ1) is 21.3. The number of amides is 1. The molecule has 0 radical (unpaired) electrons. The summed E-state index contributed by atoms with van der Waals surface area (Å²) in [5.41, 5.74) is 0. The van der Waals surface area contributed by atoms with Crippen LogP contribution in [0.5, 0.6) is 0 Å². The molecule has 0 spiro atoms. The van der Waals surface area contributed by atoms with Gasteiger partial charge in [-0.15, -0.1) is 0 Å². The molecule has 0 bridgehead atoms. The SMILES string of the molecule is CCN(CC)C(=O)CN(CCNCCNCC(=O)O)CC(=O)O. The van der Waals surface area contributed by atoms with Gasteiger partial charge in [0.05, 0.1) is 19.6 Å². The highest BCUT2D eigenvalue weighted by molar-refractivity contribution is 5.79. The van der Waals surface area contributed by atoms with Gasteiger partial charge in [0.1, 0.15) is 0 Å². The molecule has 0 aliphatic heterocycles. The van der Waals surface area contributed by atoms with Crippen LogP contribution in [-0.2, 0) is 14.4 Å². The van der Waals surface area contributed by atoms with E-state index < -0.39 is 11.9 Å². The number of hydrogen-bond donors (Lipinski definition) is 4. The Kier molecular flexibility index (Phi) is 11.8. The summed E-state index contributed by atoms with van der Waals surface area (Å²) in [6.45, 7) is 6.79. The summed E-state index contributed by atoms with van der Waals surface area (Å²) in [5.74, 6) is -1.97. The molecule has 0 aromatic carbocycles. The van der Waals surface area contributed by atoms with Crippen LogP contribution < -0.4 is 10.6 Å². The molecule has 0 aliphatic rings. The zero-order valence-corrected chi connectivity index (χ0v) is 13.9. The summed E-state index contributed by atoms with van der Waals surface area (Å²) in [7, 11) is 0. The number of carboxylic acids is 2. The lowest BCUT2D eigenvalue weighted by molar-refractivity contribution is -0.140. The summed E-state index contributed by atoms with van der Waals surface area (Å²) in [4.78, 5) is 36.5. The molecule has 9 heteroatoms. The molecule has 23 heavy (non-hydrogen) atoms. The van der Waals surface area contributed by atoms with Crippen molar-refractivity contribution in [3.63, 3.8) is 0 Å². The van der Waals surface area contributed by atoms with Crippen molar-refractivity contribution in [1.82, 2.24) is 20.4 Å². The van der Waals surface area contributed by atoms with Crippen molar-refractivity contribution in [2.45, 2.75) is 13.8 Å². The van der Waals surface area contributed by atoms with Crippen LogP contribution in [0, 0.1) is 0 Å².